The van der Waals surface area contributed by atoms with Crippen LogP contribution in [0.4, 0.5) is 11.4 Å². The third-order valence-electron chi connectivity index (χ3n) is 11.4. The zero-order chi connectivity index (χ0) is 38.1. The molecule has 0 heterocycles. The average molecular weight is 718 g/mol. The first-order valence-electron chi connectivity index (χ1n) is 20.3. The van der Waals surface area contributed by atoms with Crippen LogP contribution in [0.25, 0.3) is 27.8 Å². The van der Waals surface area contributed by atoms with Crippen LogP contribution in [-0.2, 0) is 0 Å². The molecule has 2 unspecified atom stereocenters. The van der Waals surface area contributed by atoms with E-state index in [9.17, 15) is 0 Å². The van der Waals surface area contributed by atoms with E-state index < -0.39 is 0 Å². The molecule has 0 bridgehead atoms. The lowest BCUT2D eigenvalue weighted by atomic mass is 9.77. The Bertz CT molecular complexity index is 2260. The Kier molecular flexibility index (Phi) is 12.1. The van der Waals surface area contributed by atoms with Gasteiger partial charge in [0.15, 0.2) is 0 Å². The molecule has 0 spiro atoms. The van der Waals surface area contributed by atoms with E-state index in [4.69, 9.17) is 0 Å². The van der Waals surface area contributed by atoms with Crippen molar-refractivity contribution < 1.29 is 0 Å². The van der Waals surface area contributed by atoms with Gasteiger partial charge in [-0.3, -0.25) is 0 Å². The van der Waals surface area contributed by atoms with Crippen molar-refractivity contribution in [1.29, 1.82) is 0 Å². The third kappa shape index (κ3) is 8.53. The topological polar surface area (TPSA) is 3.24 Å². The van der Waals surface area contributed by atoms with Gasteiger partial charge in [-0.2, -0.15) is 0 Å². The second kappa shape index (κ2) is 17.7. The van der Waals surface area contributed by atoms with Crippen molar-refractivity contribution in [2.75, 3.05) is 4.90 Å². The summed E-state index contributed by atoms with van der Waals surface area (Å²) in [6, 6.07) is 36.0. The van der Waals surface area contributed by atoms with Crippen LogP contribution in [0.15, 0.2) is 198 Å². The Morgan fingerprint density at radius 1 is 0.727 bits per heavy atom. The number of hydrogen-bond acceptors (Lipinski definition) is 1. The molecular formula is C54H55N. The van der Waals surface area contributed by atoms with Gasteiger partial charge >= 0.3 is 0 Å². The van der Waals surface area contributed by atoms with E-state index in [0.717, 1.165) is 32.1 Å². The molecule has 0 radical (unpaired) electrons. The minimum atomic E-state index is 0.244. The van der Waals surface area contributed by atoms with Crippen LogP contribution >= 0.6 is 0 Å². The van der Waals surface area contributed by atoms with Crippen molar-refractivity contribution >= 4 is 16.9 Å². The summed E-state index contributed by atoms with van der Waals surface area (Å²) < 4.78 is 0. The van der Waals surface area contributed by atoms with Gasteiger partial charge in [0.1, 0.15) is 0 Å². The SMILES string of the molecule is C/C=C\C=C/C(C)c1ccc(N(C2=CC=C(C3=CC4=C(C=CCC4)C(C)C3)CC2)c2ccc(C(/C=C\C)=C/C)cc2)cc1-c1ccc(-c2ccccc2)cc1. The number of allylic oxidation sites excluding steroid dienone is 18. The molecule has 7 rings (SSSR count). The van der Waals surface area contributed by atoms with E-state index in [1.54, 1.807) is 11.1 Å². The molecule has 0 N–H and O–H groups in total. The number of nitrogens with zero attached hydrogens (tertiary/aromatic N) is 1. The summed E-state index contributed by atoms with van der Waals surface area (Å²) in [4.78, 5) is 2.50. The van der Waals surface area contributed by atoms with Gasteiger partial charge in [0.25, 0.3) is 0 Å². The normalized spacial score (nSPS) is 18.1. The Morgan fingerprint density at radius 2 is 1.47 bits per heavy atom. The third-order valence-corrected chi connectivity index (χ3v) is 11.4. The first-order valence-corrected chi connectivity index (χ1v) is 20.3. The summed E-state index contributed by atoms with van der Waals surface area (Å²) in [7, 11) is 0. The van der Waals surface area contributed by atoms with Crippen molar-refractivity contribution in [3.63, 3.8) is 0 Å². The first kappa shape index (κ1) is 37.6. The standard InChI is InChI=1S/C54H55N/c1-6-9-11-17-39(4)53-35-34-51(38-54(53)46-24-22-44(23-25-46)42-18-12-10-13-19-42)55(49-30-26-43(27-31-49)41(8-3)16-7-2)50-32-28-45(29-33-50)48-36-40(5)52-21-15-14-20-47(52)37-48/h6-13,15-19,21-28,30-32,34-35,37-40H,14,20,29,33,36H2,1-5H3/b9-6-,16-7-,17-11-,41-8+. The quantitative estimate of drug-likeness (QED) is 0.140. The van der Waals surface area contributed by atoms with Gasteiger partial charge in [0.2, 0.25) is 0 Å². The predicted molar refractivity (Wildman–Crippen MR) is 239 cm³/mol. The lowest BCUT2D eigenvalue weighted by molar-refractivity contribution is 0.653. The van der Waals surface area contributed by atoms with Gasteiger partial charge in [-0.1, -0.05) is 153 Å². The Hall–Kier alpha value is -5.66. The van der Waals surface area contributed by atoms with Crippen LogP contribution in [0, 0.1) is 5.92 Å². The highest BCUT2D eigenvalue weighted by Gasteiger charge is 2.25. The molecule has 0 saturated heterocycles. The lowest BCUT2D eigenvalue weighted by Gasteiger charge is -2.32. The molecule has 1 nitrogen and oxygen atoms in total. The summed E-state index contributed by atoms with van der Waals surface area (Å²) in [5.41, 5.74) is 18.5. The van der Waals surface area contributed by atoms with E-state index >= 15 is 0 Å². The number of anilines is 2. The Balaban J connectivity index is 1.32. The number of benzene rings is 4. The highest BCUT2D eigenvalue weighted by molar-refractivity contribution is 5.81. The maximum atomic E-state index is 2.52. The average Bonchev–Trinajstić information content (AvgIpc) is 3.24. The van der Waals surface area contributed by atoms with Gasteiger partial charge in [-0.15, -0.1) is 0 Å². The van der Waals surface area contributed by atoms with Crippen LogP contribution < -0.4 is 4.90 Å². The minimum absolute atomic E-state index is 0.244. The fourth-order valence-electron chi connectivity index (χ4n) is 8.42. The highest BCUT2D eigenvalue weighted by Crippen LogP contribution is 2.43. The van der Waals surface area contributed by atoms with Crippen LogP contribution in [0.2, 0.25) is 0 Å². The molecule has 0 amide bonds. The van der Waals surface area contributed by atoms with Gasteiger partial charge in [0, 0.05) is 17.1 Å². The highest BCUT2D eigenvalue weighted by atomic mass is 15.1. The van der Waals surface area contributed by atoms with Crippen LogP contribution in [0.3, 0.4) is 0 Å². The van der Waals surface area contributed by atoms with Crippen molar-refractivity contribution in [2.24, 2.45) is 5.92 Å². The van der Waals surface area contributed by atoms with E-state index in [1.165, 1.54) is 67.2 Å². The van der Waals surface area contributed by atoms with Crippen LogP contribution in [0.1, 0.15) is 83.8 Å². The van der Waals surface area contributed by atoms with E-state index in [2.05, 4.69) is 209 Å². The summed E-state index contributed by atoms with van der Waals surface area (Å²) in [6.07, 6.45) is 32.7. The van der Waals surface area contributed by atoms with Gasteiger partial charge in [-0.25, -0.2) is 0 Å². The second-order valence-corrected chi connectivity index (χ2v) is 15.1. The minimum Gasteiger partial charge on any atom is -0.314 e. The summed E-state index contributed by atoms with van der Waals surface area (Å²) >= 11 is 0. The molecule has 2 atom stereocenters. The molecule has 4 aromatic rings. The predicted octanol–water partition coefficient (Wildman–Crippen LogP) is 15.6. The van der Waals surface area contributed by atoms with Gasteiger partial charge in [0.05, 0.1) is 0 Å². The zero-order valence-electron chi connectivity index (χ0n) is 33.3. The van der Waals surface area contributed by atoms with Gasteiger partial charge in [-0.05, 0) is 156 Å². The number of hydrogen-bond donors (Lipinski definition) is 0. The van der Waals surface area contributed by atoms with E-state index in [1.807, 2.05) is 0 Å². The van der Waals surface area contributed by atoms with Gasteiger partial charge < -0.3 is 4.90 Å². The monoisotopic (exact) mass is 717 g/mol. The maximum absolute atomic E-state index is 2.52. The van der Waals surface area contributed by atoms with Crippen molar-refractivity contribution in [2.45, 2.75) is 72.6 Å². The molecule has 55 heavy (non-hydrogen) atoms. The van der Waals surface area contributed by atoms with Crippen molar-refractivity contribution in [3.05, 3.63) is 209 Å². The molecule has 0 aromatic heterocycles. The molecule has 1 heteroatoms. The molecule has 4 aromatic carbocycles. The first-order chi connectivity index (χ1) is 27.0. The summed E-state index contributed by atoms with van der Waals surface area (Å²) in [6.45, 7) is 11.0. The fourth-order valence-corrected chi connectivity index (χ4v) is 8.42. The molecular weight excluding hydrogens is 663 g/mol. The smallest absolute Gasteiger partial charge is 0.0464 e. The number of rotatable bonds is 11. The van der Waals surface area contributed by atoms with Crippen LogP contribution in [-0.4, -0.2) is 0 Å². The molecule has 3 aliphatic rings. The second-order valence-electron chi connectivity index (χ2n) is 15.1. The molecule has 3 aliphatic carbocycles. The van der Waals surface area contributed by atoms with Crippen molar-refractivity contribution in [1.82, 2.24) is 0 Å². The summed E-state index contributed by atoms with van der Waals surface area (Å²) in [5.74, 6) is 0.819. The Morgan fingerprint density at radius 3 is 2.18 bits per heavy atom. The Labute approximate surface area is 330 Å². The van der Waals surface area contributed by atoms with Crippen LogP contribution in [0.5, 0.6) is 0 Å². The summed E-state index contributed by atoms with van der Waals surface area (Å²) in [5, 5.41) is 0. The van der Waals surface area contributed by atoms with Crippen molar-refractivity contribution in [3.8, 4) is 22.3 Å². The molecule has 276 valence electrons. The van der Waals surface area contributed by atoms with E-state index in [0.29, 0.717) is 5.92 Å². The molecule has 0 aliphatic heterocycles. The maximum Gasteiger partial charge on any atom is 0.0464 e. The molecule has 0 fully saturated rings. The van der Waals surface area contributed by atoms with E-state index in [-0.39, 0.29) is 5.92 Å². The lowest BCUT2D eigenvalue weighted by Crippen LogP contribution is -2.19. The fraction of sp³-hybridized carbons (Fsp3) is 0.222. The largest absolute Gasteiger partial charge is 0.314 e. The zero-order valence-corrected chi connectivity index (χ0v) is 33.3. The molecule has 0 saturated carbocycles.